The molecule has 1 N–H and O–H groups in total. The Bertz CT molecular complexity index is 306. The van der Waals surface area contributed by atoms with Crippen LogP contribution in [0.25, 0.3) is 0 Å². The second-order valence-electron chi connectivity index (χ2n) is 4.19. The fourth-order valence-corrected chi connectivity index (χ4v) is 2.61. The van der Waals surface area contributed by atoms with E-state index in [1.165, 1.54) is 18.4 Å². The lowest BCUT2D eigenvalue weighted by Crippen LogP contribution is -2.33. The zero-order valence-electron chi connectivity index (χ0n) is 8.55. The number of halogens is 2. The molecule has 1 fully saturated rings. The molecule has 1 nitrogen and oxygen atoms in total. The Morgan fingerprint density at radius 1 is 1.27 bits per heavy atom. The van der Waals surface area contributed by atoms with Gasteiger partial charge in [-0.05, 0) is 43.0 Å². The molecular formula is C12H15BrClN. The minimum atomic E-state index is 0.435. The normalized spacial score (nSPS) is 24.9. The van der Waals surface area contributed by atoms with Gasteiger partial charge in [0.1, 0.15) is 0 Å². The number of nitrogens with one attached hydrogen (secondary N) is 1. The SMILES string of the molecule is ClC1CC(CNCc2ccc(Br)cc2)C1. The van der Waals surface area contributed by atoms with E-state index in [-0.39, 0.29) is 0 Å². The van der Waals surface area contributed by atoms with Crippen LogP contribution in [0.2, 0.25) is 0 Å². The van der Waals surface area contributed by atoms with Crippen LogP contribution < -0.4 is 5.32 Å². The van der Waals surface area contributed by atoms with E-state index in [9.17, 15) is 0 Å². The van der Waals surface area contributed by atoms with Crippen LogP contribution in [0.1, 0.15) is 18.4 Å². The third-order valence-corrected chi connectivity index (χ3v) is 3.74. The maximum Gasteiger partial charge on any atom is 0.0342 e. The molecule has 2 rings (SSSR count). The summed E-state index contributed by atoms with van der Waals surface area (Å²) in [5.41, 5.74) is 1.33. The maximum atomic E-state index is 5.92. The summed E-state index contributed by atoms with van der Waals surface area (Å²) in [5, 5.41) is 3.90. The highest BCUT2D eigenvalue weighted by atomic mass is 79.9. The molecule has 0 heterocycles. The van der Waals surface area contributed by atoms with E-state index in [4.69, 9.17) is 11.6 Å². The highest BCUT2D eigenvalue weighted by Gasteiger charge is 2.26. The molecule has 0 saturated heterocycles. The Balaban J connectivity index is 1.67. The van der Waals surface area contributed by atoms with Crippen LogP contribution in [0.3, 0.4) is 0 Å². The van der Waals surface area contributed by atoms with Gasteiger partial charge in [0.15, 0.2) is 0 Å². The molecule has 1 aromatic rings. The predicted molar refractivity (Wildman–Crippen MR) is 68.2 cm³/mol. The van der Waals surface area contributed by atoms with E-state index >= 15 is 0 Å². The molecule has 0 aromatic heterocycles. The summed E-state index contributed by atoms with van der Waals surface area (Å²) in [7, 11) is 0. The van der Waals surface area contributed by atoms with Gasteiger partial charge in [0.2, 0.25) is 0 Å². The van der Waals surface area contributed by atoms with Crippen molar-refractivity contribution < 1.29 is 0 Å². The van der Waals surface area contributed by atoms with Crippen molar-refractivity contribution in [3.05, 3.63) is 34.3 Å². The van der Waals surface area contributed by atoms with Crippen LogP contribution >= 0.6 is 27.5 Å². The van der Waals surface area contributed by atoms with Crippen molar-refractivity contribution in [3.63, 3.8) is 0 Å². The Hall–Kier alpha value is -0.0500. The lowest BCUT2D eigenvalue weighted by atomic mass is 9.85. The van der Waals surface area contributed by atoms with Crippen LogP contribution in [-0.2, 0) is 6.54 Å². The lowest BCUT2D eigenvalue weighted by molar-refractivity contribution is 0.308. The Labute approximate surface area is 104 Å². The van der Waals surface area contributed by atoms with E-state index in [0.717, 1.165) is 23.5 Å². The number of hydrogen-bond donors (Lipinski definition) is 1. The maximum absolute atomic E-state index is 5.92. The van der Waals surface area contributed by atoms with Crippen LogP contribution in [0.5, 0.6) is 0 Å². The standard InChI is InChI=1S/C12H15BrClN/c13-11-3-1-9(2-4-11)7-15-8-10-5-12(14)6-10/h1-4,10,12,15H,5-8H2. The molecule has 0 bridgehead atoms. The first kappa shape index (κ1) is 11.4. The third-order valence-electron chi connectivity index (χ3n) is 2.85. The molecule has 15 heavy (non-hydrogen) atoms. The van der Waals surface area contributed by atoms with Crippen molar-refractivity contribution in [1.29, 1.82) is 0 Å². The van der Waals surface area contributed by atoms with Gasteiger partial charge in [-0.25, -0.2) is 0 Å². The summed E-state index contributed by atoms with van der Waals surface area (Å²) < 4.78 is 1.13. The topological polar surface area (TPSA) is 12.0 Å². The van der Waals surface area contributed by atoms with E-state index in [2.05, 4.69) is 45.5 Å². The molecule has 0 radical (unpaired) electrons. The van der Waals surface area contributed by atoms with Crippen molar-refractivity contribution in [2.75, 3.05) is 6.54 Å². The number of rotatable bonds is 4. The molecule has 1 aliphatic rings. The van der Waals surface area contributed by atoms with Gasteiger partial charge in [-0.2, -0.15) is 0 Å². The number of benzene rings is 1. The smallest absolute Gasteiger partial charge is 0.0342 e. The fourth-order valence-electron chi connectivity index (χ4n) is 1.84. The van der Waals surface area contributed by atoms with Crippen LogP contribution in [-0.4, -0.2) is 11.9 Å². The lowest BCUT2D eigenvalue weighted by Gasteiger charge is -2.30. The van der Waals surface area contributed by atoms with E-state index in [0.29, 0.717) is 5.38 Å². The molecule has 0 unspecified atom stereocenters. The van der Waals surface area contributed by atoms with Gasteiger partial charge >= 0.3 is 0 Å². The molecule has 1 aromatic carbocycles. The first-order chi connectivity index (χ1) is 7.24. The van der Waals surface area contributed by atoms with E-state index in [1.54, 1.807) is 0 Å². The zero-order valence-corrected chi connectivity index (χ0v) is 10.9. The van der Waals surface area contributed by atoms with Crippen molar-refractivity contribution in [2.45, 2.75) is 24.8 Å². The molecular weight excluding hydrogens is 273 g/mol. The number of alkyl halides is 1. The largest absolute Gasteiger partial charge is 0.312 e. The fraction of sp³-hybridized carbons (Fsp3) is 0.500. The second kappa shape index (κ2) is 5.33. The van der Waals surface area contributed by atoms with E-state index in [1.807, 2.05) is 0 Å². The highest BCUT2D eigenvalue weighted by molar-refractivity contribution is 9.10. The summed E-state index contributed by atoms with van der Waals surface area (Å²) in [6.07, 6.45) is 2.35. The first-order valence-corrected chi connectivity index (χ1v) is 6.56. The van der Waals surface area contributed by atoms with Gasteiger partial charge in [0.05, 0.1) is 0 Å². The highest BCUT2D eigenvalue weighted by Crippen LogP contribution is 2.31. The van der Waals surface area contributed by atoms with Crippen LogP contribution in [0.15, 0.2) is 28.7 Å². The Morgan fingerprint density at radius 3 is 2.53 bits per heavy atom. The van der Waals surface area contributed by atoms with E-state index < -0.39 is 0 Å². The molecule has 82 valence electrons. The predicted octanol–water partition coefficient (Wildman–Crippen LogP) is 3.56. The molecule has 0 aliphatic heterocycles. The summed E-state index contributed by atoms with van der Waals surface area (Å²) in [6, 6.07) is 8.44. The van der Waals surface area contributed by atoms with Gasteiger partial charge in [-0.1, -0.05) is 28.1 Å². The molecule has 0 atom stereocenters. The summed E-state index contributed by atoms with van der Waals surface area (Å²) in [4.78, 5) is 0. The van der Waals surface area contributed by atoms with Gasteiger partial charge in [-0.3, -0.25) is 0 Å². The van der Waals surface area contributed by atoms with Gasteiger partial charge in [-0.15, -0.1) is 11.6 Å². The summed E-state index contributed by atoms with van der Waals surface area (Å²) >= 11 is 9.35. The molecule has 0 spiro atoms. The number of hydrogen-bond acceptors (Lipinski definition) is 1. The minimum absolute atomic E-state index is 0.435. The summed E-state index contributed by atoms with van der Waals surface area (Å²) in [6.45, 7) is 2.05. The average molecular weight is 289 g/mol. The monoisotopic (exact) mass is 287 g/mol. The third kappa shape index (κ3) is 3.47. The minimum Gasteiger partial charge on any atom is -0.312 e. The second-order valence-corrected chi connectivity index (χ2v) is 5.72. The molecule has 3 heteroatoms. The van der Waals surface area contributed by atoms with Crippen LogP contribution in [0.4, 0.5) is 0 Å². The first-order valence-electron chi connectivity index (χ1n) is 5.33. The van der Waals surface area contributed by atoms with Crippen LogP contribution in [0, 0.1) is 5.92 Å². The zero-order chi connectivity index (χ0) is 10.7. The van der Waals surface area contributed by atoms with Crippen molar-refractivity contribution in [2.24, 2.45) is 5.92 Å². The quantitative estimate of drug-likeness (QED) is 0.836. The summed E-state index contributed by atoms with van der Waals surface area (Å²) in [5.74, 6) is 0.794. The van der Waals surface area contributed by atoms with Crippen molar-refractivity contribution >= 4 is 27.5 Å². The van der Waals surface area contributed by atoms with Crippen molar-refractivity contribution in [1.82, 2.24) is 5.32 Å². The molecule has 0 amide bonds. The average Bonchev–Trinajstić information content (AvgIpc) is 2.18. The van der Waals surface area contributed by atoms with Gasteiger partial charge in [0, 0.05) is 16.4 Å². The Kier molecular flexibility index (Phi) is 4.06. The Morgan fingerprint density at radius 2 is 1.93 bits per heavy atom. The molecule has 1 aliphatic carbocycles. The van der Waals surface area contributed by atoms with Gasteiger partial charge < -0.3 is 5.32 Å². The van der Waals surface area contributed by atoms with Crippen molar-refractivity contribution in [3.8, 4) is 0 Å². The van der Waals surface area contributed by atoms with Gasteiger partial charge in [0.25, 0.3) is 0 Å². The molecule has 1 saturated carbocycles.